The van der Waals surface area contributed by atoms with Crippen molar-refractivity contribution < 1.29 is 9.53 Å². The van der Waals surface area contributed by atoms with Gasteiger partial charge in [-0.15, -0.1) is 0 Å². The van der Waals surface area contributed by atoms with Gasteiger partial charge in [0.25, 0.3) is 5.56 Å². The Morgan fingerprint density at radius 1 is 1.50 bits per heavy atom. The number of rotatable bonds is 5. The lowest BCUT2D eigenvalue weighted by atomic mass is 10.1. The molecular weight excluding hydrogens is 252 g/mol. The van der Waals surface area contributed by atoms with E-state index in [1.54, 1.807) is 13.8 Å². The molecule has 0 spiro atoms. The molecule has 5 nitrogen and oxygen atoms in total. The van der Waals surface area contributed by atoms with Gasteiger partial charge in [-0.05, 0) is 19.8 Å². The number of aromatic nitrogens is 2. The number of ether oxygens (including phenoxy) is 1. The van der Waals surface area contributed by atoms with E-state index in [1.807, 2.05) is 13.8 Å². The molecule has 0 aliphatic carbocycles. The number of aromatic amines is 1. The quantitative estimate of drug-likeness (QED) is 0.503. The van der Waals surface area contributed by atoms with Gasteiger partial charge < -0.3 is 9.72 Å². The third kappa shape index (κ3) is 4.18. The molecule has 100 valence electrons. The van der Waals surface area contributed by atoms with E-state index in [-0.39, 0.29) is 17.4 Å². The molecule has 1 atom stereocenters. The standard InChI is InChI=1S/C12H18N2O3S/c1-5-17-11(16)8(4)18-12-13-9(7(2)3)6-10(15)14-12/h6-8H,5H2,1-4H3,(H,13,14,15). The van der Waals surface area contributed by atoms with Gasteiger partial charge in [-0.25, -0.2) is 4.98 Å². The number of hydrogen-bond donors (Lipinski definition) is 1. The Bertz CT molecular complexity index is 471. The van der Waals surface area contributed by atoms with Crippen LogP contribution < -0.4 is 5.56 Å². The van der Waals surface area contributed by atoms with Crippen LogP contribution in [-0.2, 0) is 9.53 Å². The van der Waals surface area contributed by atoms with Crippen molar-refractivity contribution in [2.75, 3.05) is 6.61 Å². The number of carbonyl (C=O) groups is 1. The lowest BCUT2D eigenvalue weighted by molar-refractivity contribution is -0.142. The zero-order valence-corrected chi connectivity index (χ0v) is 11.8. The fourth-order valence-corrected chi connectivity index (χ4v) is 2.10. The van der Waals surface area contributed by atoms with Crippen LogP contribution in [-0.4, -0.2) is 27.8 Å². The van der Waals surface area contributed by atoms with E-state index in [2.05, 4.69) is 9.97 Å². The second-order valence-electron chi connectivity index (χ2n) is 4.14. The van der Waals surface area contributed by atoms with Crippen LogP contribution in [0.2, 0.25) is 0 Å². The summed E-state index contributed by atoms with van der Waals surface area (Å²) in [6.07, 6.45) is 0. The van der Waals surface area contributed by atoms with Crippen LogP contribution in [0.4, 0.5) is 0 Å². The van der Waals surface area contributed by atoms with Crippen LogP contribution in [0.25, 0.3) is 0 Å². The van der Waals surface area contributed by atoms with Gasteiger partial charge in [-0.2, -0.15) is 0 Å². The number of H-pyrrole nitrogens is 1. The molecule has 1 unspecified atom stereocenters. The molecule has 0 fully saturated rings. The molecular formula is C12H18N2O3S. The first-order chi connectivity index (χ1) is 8.43. The van der Waals surface area contributed by atoms with Crippen molar-refractivity contribution in [3.05, 3.63) is 22.1 Å². The summed E-state index contributed by atoms with van der Waals surface area (Å²) in [6, 6.07) is 1.48. The molecule has 0 saturated carbocycles. The van der Waals surface area contributed by atoms with Crippen LogP contribution >= 0.6 is 11.8 Å². The maximum absolute atomic E-state index is 11.5. The maximum atomic E-state index is 11.5. The van der Waals surface area contributed by atoms with Crippen LogP contribution in [0.1, 0.15) is 39.3 Å². The summed E-state index contributed by atoms with van der Waals surface area (Å²) in [7, 11) is 0. The van der Waals surface area contributed by atoms with Crippen molar-refractivity contribution in [3.8, 4) is 0 Å². The van der Waals surface area contributed by atoms with Crippen molar-refractivity contribution in [1.82, 2.24) is 9.97 Å². The Morgan fingerprint density at radius 2 is 2.17 bits per heavy atom. The number of thioether (sulfide) groups is 1. The minimum Gasteiger partial charge on any atom is -0.465 e. The molecule has 1 N–H and O–H groups in total. The van der Waals surface area contributed by atoms with Crippen molar-refractivity contribution in [2.24, 2.45) is 0 Å². The molecule has 0 radical (unpaired) electrons. The zero-order valence-electron chi connectivity index (χ0n) is 11.0. The van der Waals surface area contributed by atoms with Crippen molar-refractivity contribution in [2.45, 2.75) is 44.0 Å². The highest BCUT2D eigenvalue weighted by atomic mass is 32.2. The van der Waals surface area contributed by atoms with Gasteiger partial charge in [0.15, 0.2) is 5.16 Å². The fourth-order valence-electron chi connectivity index (χ4n) is 1.28. The fraction of sp³-hybridized carbons (Fsp3) is 0.583. The smallest absolute Gasteiger partial charge is 0.319 e. The van der Waals surface area contributed by atoms with Gasteiger partial charge in [0.1, 0.15) is 5.25 Å². The summed E-state index contributed by atoms with van der Waals surface area (Å²) in [5, 5.41) is 0.0577. The van der Waals surface area contributed by atoms with E-state index in [9.17, 15) is 9.59 Å². The SMILES string of the molecule is CCOC(=O)C(C)Sc1nc(C(C)C)cc(=O)[nH]1. The lowest BCUT2D eigenvalue weighted by Gasteiger charge is -2.10. The average molecular weight is 270 g/mol. The molecule has 0 amide bonds. The van der Waals surface area contributed by atoms with E-state index in [4.69, 9.17) is 4.74 Å². The topological polar surface area (TPSA) is 72.0 Å². The Morgan fingerprint density at radius 3 is 2.72 bits per heavy atom. The molecule has 6 heteroatoms. The molecule has 0 aromatic carbocycles. The van der Waals surface area contributed by atoms with Gasteiger partial charge in [0.05, 0.1) is 12.3 Å². The van der Waals surface area contributed by atoms with Crippen LogP contribution in [0.5, 0.6) is 0 Å². The zero-order chi connectivity index (χ0) is 13.7. The van der Waals surface area contributed by atoms with Gasteiger partial charge in [0, 0.05) is 6.07 Å². The Hall–Kier alpha value is -1.30. The predicted molar refractivity (Wildman–Crippen MR) is 70.9 cm³/mol. The molecule has 0 bridgehead atoms. The highest BCUT2D eigenvalue weighted by Gasteiger charge is 2.17. The summed E-state index contributed by atoms with van der Waals surface area (Å²) >= 11 is 1.20. The van der Waals surface area contributed by atoms with E-state index in [1.165, 1.54) is 17.8 Å². The van der Waals surface area contributed by atoms with Crippen molar-refractivity contribution in [1.29, 1.82) is 0 Å². The molecule has 0 saturated heterocycles. The summed E-state index contributed by atoms with van der Waals surface area (Å²) in [5.74, 6) is -0.135. The summed E-state index contributed by atoms with van der Waals surface area (Å²) in [6.45, 7) is 7.76. The lowest BCUT2D eigenvalue weighted by Crippen LogP contribution is -2.18. The van der Waals surface area contributed by atoms with Crippen molar-refractivity contribution in [3.63, 3.8) is 0 Å². The Labute approximate surface area is 110 Å². The first-order valence-electron chi connectivity index (χ1n) is 5.88. The number of nitrogens with one attached hydrogen (secondary N) is 1. The minimum absolute atomic E-state index is 0.171. The van der Waals surface area contributed by atoms with Gasteiger partial charge >= 0.3 is 5.97 Å². The molecule has 1 rings (SSSR count). The Balaban J connectivity index is 2.84. The van der Waals surface area contributed by atoms with Crippen molar-refractivity contribution >= 4 is 17.7 Å². The molecule has 18 heavy (non-hydrogen) atoms. The van der Waals surface area contributed by atoms with Gasteiger partial charge in [-0.1, -0.05) is 25.6 Å². The molecule has 1 heterocycles. The largest absolute Gasteiger partial charge is 0.465 e. The van der Waals surface area contributed by atoms with Crippen LogP contribution in [0.15, 0.2) is 16.0 Å². The van der Waals surface area contributed by atoms with Gasteiger partial charge in [-0.3, -0.25) is 9.59 Å². The average Bonchev–Trinajstić information content (AvgIpc) is 2.28. The molecule has 0 aliphatic heterocycles. The third-order valence-electron chi connectivity index (χ3n) is 2.24. The first kappa shape index (κ1) is 14.8. The summed E-state index contributed by atoms with van der Waals surface area (Å²) < 4.78 is 4.90. The van der Waals surface area contributed by atoms with Crippen LogP contribution in [0, 0.1) is 0 Å². The third-order valence-corrected chi connectivity index (χ3v) is 3.20. The van der Waals surface area contributed by atoms with E-state index < -0.39 is 5.25 Å². The molecule has 1 aromatic rings. The minimum atomic E-state index is -0.393. The molecule has 1 aromatic heterocycles. The predicted octanol–water partition coefficient (Wildman–Crippen LogP) is 1.94. The highest BCUT2D eigenvalue weighted by Crippen LogP contribution is 2.20. The first-order valence-corrected chi connectivity index (χ1v) is 6.76. The molecule has 0 aliphatic rings. The number of carbonyl (C=O) groups excluding carboxylic acids is 1. The van der Waals surface area contributed by atoms with E-state index in [0.29, 0.717) is 11.8 Å². The van der Waals surface area contributed by atoms with E-state index >= 15 is 0 Å². The number of esters is 1. The van der Waals surface area contributed by atoms with E-state index in [0.717, 1.165) is 5.69 Å². The monoisotopic (exact) mass is 270 g/mol. The second-order valence-corrected chi connectivity index (χ2v) is 5.47. The van der Waals surface area contributed by atoms with Gasteiger partial charge in [0.2, 0.25) is 0 Å². The highest BCUT2D eigenvalue weighted by molar-refractivity contribution is 8.00. The number of nitrogens with zero attached hydrogens (tertiary/aromatic N) is 1. The van der Waals surface area contributed by atoms with Crippen LogP contribution in [0.3, 0.4) is 0 Å². The maximum Gasteiger partial charge on any atom is 0.319 e. The normalized spacial score (nSPS) is 12.5. The number of hydrogen-bond acceptors (Lipinski definition) is 5. The summed E-state index contributed by atoms with van der Waals surface area (Å²) in [4.78, 5) is 29.9. The second kappa shape index (κ2) is 6.58. The Kier molecular flexibility index (Phi) is 5.40. The summed E-state index contributed by atoms with van der Waals surface area (Å²) in [5.41, 5.74) is 0.518.